The third-order valence-electron chi connectivity index (χ3n) is 3.68. The number of benzene rings is 2. The number of ether oxygens (including phenoxy) is 2. The lowest BCUT2D eigenvalue weighted by Gasteiger charge is -2.14. The van der Waals surface area contributed by atoms with Crippen LogP contribution in [0.1, 0.15) is 12.0 Å². The van der Waals surface area contributed by atoms with Gasteiger partial charge in [0.25, 0.3) is 0 Å². The van der Waals surface area contributed by atoms with E-state index in [0.717, 1.165) is 5.56 Å². The molecular formula is C18H20N2O4S. The number of rotatable bonds is 8. The Hall–Kier alpha value is -2.56. The van der Waals surface area contributed by atoms with Crippen LogP contribution in [0.3, 0.4) is 0 Å². The van der Waals surface area contributed by atoms with E-state index in [1.54, 1.807) is 0 Å². The number of hydrogen-bond acceptors (Lipinski definition) is 5. The maximum Gasteiger partial charge on any atom is 0.241 e. The van der Waals surface area contributed by atoms with Crippen LogP contribution in [0, 0.1) is 11.3 Å². The fourth-order valence-electron chi connectivity index (χ4n) is 2.34. The zero-order chi connectivity index (χ0) is 18.3. The van der Waals surface area contributed by atoms with Crippen molar-refractivity contribution < 1.29 is 17.9 Å². The van der Waals surface area contributed by atoms with E-state index in [9.17, 15) is 13.7 Å². The maximum atomic E-state index is 12.5. The van der Waals surface area contributed by atoms with Crippen LogP contribution < -0.4 is 14.2 Å². The van der Waals surface area contributed by atoms with Gasteiger partial charge >= 0.3 is 0 Å². The average Bonchev–Trinajstić information content (AvgIpc) is 2.65. The van der Waals surface area contributed by atoms with Crippen molar-refractivity contribution in [2.24, 2.45) is 0 Å². The van der Waals surface area contributed by atoms with Crippen LogP contribution in [0.2, 0.25) is 0 Å². The maximum absolute atomic E-state index is 12.5. The quantitative estimate of drug-likeness (QED) is 0.781. The summed E-state index contributed by atoms with van der Waals surface area (Å²) in [6, 6.07) is 15.1. The van der Waals surface area contributed by atoms with Crippen LogP contribution in [-0.2, 0) is 16.4 Å². The highest BCUT2D eigenvalue weighted by Crippen LogP contribution is 2.29. The Bertz CT molecular complexity index is 845. The van der Waals surface area contributed by atoms with Gasteiger partial charge in [-0.25, -0.2) is 8.42 Å². The predicted octanol–water partition coefficient (Wildman–Crippen LogP) is 2.51. The minimum absolute atomic E-state index is 0.0186. The molecule has 2 aromatic carbocycles. The standard InChI is InChI=1S/C18H20N2O4S/c1-23-17-11-10-16(12-18(17)24-2)25(21,22)20-15(13-19)9-8-14-6-4-3-5-7-14/h3-7,10-12,15,20H,8-9H2,1-2H3. The van der Waals surface area contributed by atoms with Crippen molar-refractivity contribution in [2.75, 3.05) is 14.2 Å². The largest absolute Gasteiger partial charge is 0.493 e. The van der Waals surface area contributed by atoms with E-state index >= 15 is 0 Å². The molecular weight excluding hydrogens is 340 g/mol. The Labute approximate surface area is 148 Å². The van der Waals surface area contributed by atoms with Crippen molar-refractivity contribution in [3.05, 3.63) is 54.1 Å². The fraction of sp³-hybridized carbons (Fsp3) is 0.278. The Balaban J connectivity index is 2.12. The van der Waals surface area contributed by atoms with Crippen molar-refractivity contribution >= 4 is 10.0 Å². The molecule has 1 atom stereocenters. The number of hydrogen-bond donors (Lipinski definition) is 1. The third-order valence-corrected chi connectivity index (χ3v) is 5.15. The Kier molecular flexibility index (Phi) is 6.39. The molecule has 0 radical (unpaired) electrons. The highest BCUT2D eigenvalue weighted by molar-refractivity contribution is 7.89. The van der Waals surface area contributed by atoms with Gasteiger partial charge in [-0.2, -0.15) is 9.98 Å². The van der Waals surface area contributed by atoms with Crippen LogP contribution in [0.4, 0.5) is 0 Å². The van der Waals surface area contributed by atoms with Crippen molar-refractivity contribution in [1.82, 2.24) is 4.72 Å². The molecule has 0 aliphatic rings. The lowest BCUT2D eigenvalue weighted by molar-refractivity contribution is 0.354. The summed E-state index contributed by atoms with van der Waals surface area (Å²) >= 11 is 0. The van der Waals surface area contributed by atoms with Crippen LogP contribution >= 0.6 is 0 Å². The minimum Gasteiger partial charge on any atom is -0.493 e. The Morgan fingerprint density at radius 3 is 2.36 bits per heavy atom. The first-order chi connectivity index (χ1) is 12.0. The summed E-state index contributed by atoms with van der Waals surface area (Å²) in [4.78, 5) is 0.0186. The summed E-state index contributed by atoms with van der Waals surface area (Å²) in [6.07, 6.45) is 0.987. The highest BCUT2D eigenvalue weighted by atomic mass is 32.2. The molecule has 0 spiro atoms. The second kappa shape index (κ2) is 8.51. The van der Waals surface area contributed by atoms with Crippen molar-refractivity contribution in [1.29, 1.82) is 5.26 Å². The lowest BCUT2D eigenvalue weighted by atomic mass is 10.1. The third kappa shape index (κ3) is 4.95. The molecule has 2 aromatic rings. The van der Waals surface area contributed by atoms with Gasteiger partial charge in [0.2, 0.25) is 10.0 Å². The zero-order valence-corrected chi connectivity index (χ0v) is 14.9. The number of nitrogens with one attached hydrogen (secondary N) is 1. The molecule has 2 rings (SSSR count). The first kappa shape index (κ1) is 18.8. The summed E-state index contributed by atoms with van der Waals surface area (Å²) in [5.74, 6) is 0.741. The van der Waals surface area contributed by atoms with E-state index in [4.69, 9.17) is 9.47 Å². The monoisotopic (exact) mass is 360 g/mol. The predicted molar refractivity (Wildman–Crippen MR) is 94.0 cm³/mol. The van der Waals surface area contributed by atoms with Crippen molar-refractivity contribution in [3.8, 4) is 17.6 Å². The molecule has 0 amide bonds. The minimum atomic E-state index is -3.84. The molecule has 0 saturated heterocycles. The van der Waals surface area contributed by atoms with E-state index in [-0.39, 0.29) is 4.90 Å². The lowest BCUT2D eigenvalue weighted by Crippen LogP contribution is -2.34. The molecule has 25 heavy (non-hydrogen) atoms. The molecule has 0 heterocycles. The van der Waals surface area contributed by atoms with E-state index < -0.39 is 16.1 Å². The molecule has 0 aliphatic heterocycles. The van der Waals surface area contributed by atoms with Crippen LogP contribution in [0.15, 0.2) is 53.4 Å². The molecule has 0 fully saturated rings. The van der Waals surface area contributed by atoms with Gasteiger partial charge < -0.3 is 9.47 Å². The number of methoxy groups -OCH3 is 2. The van der Waals surface area contributed by atoms with E-state index in [0.29, 0.717) is 24.3 Å². The highest BCUT2D eigenvalue weighted by Gasteiger charge is 2.21. The Morgan fingerprint density at radius 1 is 1.08 bits per heavy atom. The number of sulfonamides is 1. The number of aryl methyl sites for hydroxylation is 1. The molecule has 7 heteroatoms. The first-order valence-corrected chi connectivity index (χ1v) is 9.16. The molecule has 0 saturated carbocycles. The summed E-state index contributed by atoms with van der Waals surface area (Å²) in [5.41, 5.74) is 1.05. The van der Waals surface area contributed by atoms with Gasteiger partial charge in [0.1, 0.15) is 6.04 Å². The normalized spacial score (nSPS) is 12.2. The molecule has 0 aromatic heterocycles. The second-order valence-electron chi connectivity index (χ2n) is 5.34. The summed E-state index contributed by atoms with van der Waals surface area (Å²) in [5, 5.41) is 9.28. The summed E-state index contributed by atoms with van der Waals surface area (Å²) in [7, 11) is -0.940. The van der Waals surface area contributed by atoms with Gasteiger partial charge in [0.05, 0.1) is 25.2 Å². The molecule has 0 aliphatic carbocycles. The van der Waals surface area contributed by atoms with E-state index in [1.165, 1.54) is 32.4 Å². The summed E-state index contributed by atoms with van der Waals surface area (Å²) in [6.45, 7) is 0. The Morgan fingerprint density at radius 2 is 1.76 bits per heavy atom. The molecule has 6 nitrogen and oxygen atoms in total. The van der Waals surface area contributed by atoms with Gasteiger partial charge in [-0.1, -0.05) is 30.3 Å². The van der Waals surface area contributed by atoms with E-state index in [1.807, 2.05) is 36.4 Å². The number of nitrogens with zero attached hydrogens (tertiary/aromatic N) is 1. The van der Waals surface area contributed by atoms with Crippen LogP contribution in [0.5, 0.6) is 11.5 Å². The first-order valence-electron chi connectivity index (χ1n) is 7.68. The van der Waals surface area contributed by atoms with Crippen molar-refractivity contribution in [3.63, 3.8) is 0 Å². The SMILES string of the molecule is COc1ccc(S(=O)(=O)NC(C#N)CCc2ccccc2)cc1OC. The molecule has 1 unspecified atom stereocenters. The second-order valence-corrected chi connectivity index (χ2v) is 7.06. The smallest absolute Gasteiger partial charge is 0.241 e. The fourth-order valence-corrected chi connectivity index (χ4v) is 3.54. The number of nitriles is 1. The zero-order valence-electron chi connectivity index (χ0n) is 14.1. The van der Waals surface area contributed by atoms with E-state index in [2.05, 4.69) is 4.72 Å². The van der Waals surface area contributed by atoms with Gasteiger partial charge in [-0.15, -0.1) is 0 Å². The average molecular weight is 360 g/mol. The summed E-state index contributed by atoms with van der Waals surface area (Å²) < 4.78 is 37.7. The van der Waals surface area contributed by atoms with Crippen LogP contribution in [0.25, 0.3) is 0 Å². The molecule has 132 valence electrons. The molecule has 1 N–H and O–H groups in total. The van der Waals surface area contributed by atoms with Crippen LogP contribution in [-0.4, -0.2) is 28.7 Å². The van der Waals surface area contributed by atoms with Gasteiger partial charge in [-0.05, 0) is 30.5 Å². The van der Waals surface area contributed by atoms with Gasteiger partial charge in [-0.3, -0.25) is 0 Å². The van der Waals surface area contributed by atoms with Gasteiger partial charge in [0.15, 0.2) is 11.5 Å². The topological polar surface area (TPSA) is 88.4 Å². The molecule has 0 bridgehead atoms. The van der Waals surface area contributed by atoms with Gasteiger partial charge in [0, 0.05) is 6.07 Å². The van der Waals surface area contributed by atoms with Crippen molar-refractivity contribution in [2.45, 2.75) is 23.8 Å².